The first-order valence-electron chi connectivity index (χ1n) is 3.14. The third-order valence-corrected chi connectivity index (χ3v) is 16.1. The number of rotatable bonds is 1. The van der Waals surface area contributed by atoms with Crippen LogP contribution in [0.3, 0.4) is 0 Å². The Hall–Kier alpha value is 1.53. The second kappa shape index (κ2) is 4.16. The van der Waals surface area contributed by atoms with Crippen LogP contribution in [0.4, 0.5) is 0 Å². The molecule has 0 saturated heterocycles. The van der Waals surface area contributed by atoms with Gasteiger partial charge in [0.2, 0.25) is 0 Å². The molecule has 11 heavy (non-hydrogen) atoms. The molecule has 0 fully saturated rings. The van der Waals surface area contributed by atoms with Crippen molar-refractivity contribution in [1.29, 1.82) is 0 Å². The van der Waals surface area contributed by atoms with Gasteiger partial charge in [0.25, 0.3) is 0 Å². The third kappa shape index (κ3) is 3.05. The molecule has 0 radical (unpaired) electrons. The molecule has 4 heteroatoms. The topological polar surface area (TPSA) is 0 Å². The van der Waals surface area contributed by atoms with E-state index in [2.05, 4.69) is 68.1 Å². The van der Waals surface area contributed by atoms with Crippen LogP contribution in [0.5, 0.6) is 0 Å². The Morgan fingerprint density at radius 1 is 1.09 bits per heavy atom. The zero-order valence-corrected chi connectivity index (χ0v) is 14.3. The number of halogens is 3. The van der Waals surface area contributed by atoms with E-state index < -0.39 is 13.0 Å². The maximum atomic E-state index is 3.69. The fraction of sp³-hybridized carbons (Fsp3) is 0.143. The normalized spacial score (nSPS) is 11.6. The summed E-state index contributed by atoms with van der Waals surface area (Å²) in [6, 6.07) is 8.43. The molecular formula is C7H7Br3Hf. The summed E-state index contributed by atoms with van der Waals surface area (Å²) in [5, 5.41) is 0. The molecule has 0 N–H and O–H groups in total. The van der Waals surface area contributed by atoms with Crippen molar-refractivity contribution in [1.82, 2.24) is 0 Å². The molecule has 1 rings (SSSR count). The van der Waals surface area contributed by atoms with E-state index in [-0.39, 0.29) is 0 Å². The van der Waals surface area contributed by atoms with E-state index in [1.54, 1.807) is 0 Å². The van der Waals surface area contributed by atoms with Crippen LogP contribution in [-0.4, -0.2) is 0 Å². The van der Waals surface area contributed by atoms with E-state index in [4.69, 9.17) is 0 Å². The van der Waals surface area contributed by atoms with Gasteiger partial charge in [-0.1, -0.05) is 0 Å². The average Bonchev–Trinajstić information content (AvgIpc) is 1.86. The van der Waals surface area contributed by atoms with Crippen LogP contribution in [0.25, 0.3) is 0 Å². The van der Waals surface area contributed by atoms with Gasteiger partial charge < -0.3 is 0 Å². The van der Waals surface area contributed by atoms with E-state index in [0.717, 1.165) is 0 Å². The van der Waals surface area contributed by atoms with Gasteiger partial charge in [0.1, 0.15) is 0 Å². The van der Waals surface area contributed by atoms with Crippen LogP contribution in [0.1, 0.15) is 5.56 Å². The maximum absolute atomic E-state index is 3.69. The van der Waals surface area contributed by atoms with Gasteiger partial charge in [-0.2, -0.15) is 0 Å². The Morgan fingerprint density at radius 3 is 2.00 bits per heavy atom. The average molecular weight is 509 g/mol. The SMILES string of the molecule is Cc1cccc[c]1[Hf]([Br])([Br])[Br]. The van der Waals surface area contributed by atoms with Crippen LogP contribution < -0.4 is 3.32 Å². The van der Waals surface area contributed by atoms with Crippen LogP contribution in [0, 0.1) is 6.92 Å². The van der Waals surface area contributed by atoms with Crippen molar-refractivity contribution in [3.05, 3.63) is 29.8 Å². The Morgan fingerprint density at radius 2 is 1.64 bits per heavy atom. The van der Waals surface area contributed by atoms with Gasteiger partial charge in [-0.25, -0.2) is 0 Å². The summed E-state index contributed by atoms with van der Waals surface area (Å²) in [5.41, 5.74) is 1.35. The first-order valence-corrected chi connectivity index (χ1v) is 28.5. The Labute approximate surface area is 88.6 Å². The summed E-state index contributed by atoms with van der Waals surface area (Å²) in [7, 11) is 0. The van der Waals surface area contributed by atoms with Crippen LogP contribution in [0.15, 0.2) is 24.3 Å². The predicted molar refractivity (Wildman–Crippen MR) is 57.6 cm³/mol. The van der Waals surface area contributed by atoms with Crippen molar-refractivity contribution in [3.63, 3.8) is 0 Å². The molecule has 0 aliphatic rings. The fourth-order valence-corrected chi connectivity index (χ4v) is 14.7. The molecule has 1 aromatic carbocycles. The van der Waals surface area contributed by atoms with Crippen LogP contribution in [0.2, 0.25) is 0 Å². The van der Waals surface area contributed by atoms with Crippen molar-refractivity contribution in [2.24, 2.45) is 0 Å². The second-order valence-corrected chi connectivity index (χ2v) is 63.2. The van der Waals surface area contributed by atoms with Gasteiger partial charge in [0, 0.05) is 0 Å². The first kappa shape index (κ1) is 10.6. The monoisotopic (exact) mass is 508 g/mol. The van der Waals surface area contributed by atoms with Crippen molar-refractivity contribution in [3.8, 4) is 0 Å². The number of hydrogen-bond donors (Lipinski definition) is 0. The fourth-order valence-electron chi connectivity index (χ4n) is 0.891. The molecule has 0 aliphatic heterocycles. The van der Waals surface area contributed by atoms with Gasteiger partial charge in [0.15, 0.2) is 0 Å². The van der Waals surface area contributed by atoms with Gasteiger partial charge in [0.05, 0.1) is 0 Å². The molecule has 0 amide bonds. The van der Waals surface area contributed by atoms with Gasteiger partial charge >= 0.3 is 89.9 Å². The summed E-state index contributed by atoms with van der Waals surface area (Å²) >= 11 is 8.62. The molecule has 1 aromatic rings. The zero-order valence-electron chi connectivity index (χ0n) is 5.94. The van der Waals surface area contributed by atoms with E-state index in [1.165, 1.54) is 8.88 Å². The second-order valence-electron chi connectivity index (χ2n) is 2.31. The van der Waals surface area contributed by atoms with E-state index in [0.29, 0.717) is 0 Å². The standard InChI is InChI=1S/C7H7.3BrH.Hf/c1-7-5-3-2-4-6-7;;;;/h2-5H,1H3;3*1H;/q;;;;+3/p-3. The zero-order chi connectivity index (χ0) is 8.48. The first-order chi connectivity index (χ1) is 5.02. The van der Waals surface area contributed by atoms with Gasteiger partial charge in [-0.3, -0.25) is 0 Å². The molecule has 0 nitrogen and oxygen atoms in total. The minimum absolute atomic E-state index is 1.35. The molecule has 0 atom stereocenters. The molecule has 0 unspecified atom stereocenters. The van der Waals surface area contributed by atoms with Crippen molar-refractivity contribution in [2.75, 3.05) is 0 Å². The number of benzene rings is 1. The summed E-state index contributed by atoms with van der Waals surface area (Å²) in [5.74, 6) is 0. The molecule has 0 bridgehead atoms. The summed E-state index contributed by atoms with van der Waals surface area (Å²) in [6.45, 7) is 2.13. The Kier molecular flexibility index (Phi) is 4.01. The third-order valence-electron chi connectivity index (χ3n) is 1.45. The number of aryl methyl sites for hydroxylation is 1. The molecule has 0 heterocycles. The quantitative estimate of drug-likeness (QED) is 0.507. The molecule has 0 saturated carbocycles. The Balaban J connectivity index is 3.14. The minimum atomic E-state index is -2.46. The van der Waals surface area contributed by atoms with Crippen LogP contribution in [-0.2, 0) is 13.0 Å². The molecular weight excluding hydrogens is 502 g/mol. The van der Waals surface area contributed by atoms with Crippen LogP contribution >= 0.6 is 36.9 Å². The van der Waals surface area contributed by atoms with E-state index in [1.807, 2.05) is 0 Å². The van der Waals surface area contributed by atoms with Crippen molar-refractivity contribution < 1.29 is 13.0 Å². The van der Waals surface area contributed by atoms with Gasteiger partial charge in [-0.15, -0.1) is 0 Å². The van der Waals surface area contributed by atoms with Gasteiger partial charge in [-0.05, 0) is 0 Å². The van der Waals surface area contributed by atoms with Crippen molar-refractivity contribution >= 4 is 40.2 Å². The number of hydrogen-bond acceptors (Lipinski definition) is 0. The summed E-state index contributed by atoms with van der Waals surface area (Å²) in [4.78, 5) is 0. The van der Waals surface area contributed by atoms with Crippen molar-refractivity contribution in [2.45, 2.75) is 6.92 Å². The molecule has 0 aliphatic carbocycles. The predicted octanol–water partition coefficient (Wildman–Crippen LogP) is 3.70. The van der Waals surface area contributed by atoms with E-state index >= 15 is 0 Å². The molecule has 60 valence electrons. The molecule has 0 aromatic heterocycles. The summed E-state index contributed by atoms with van der Waals surface area (Å²) in [6.07, 6.45) is 0. The molecule has 0 spiro atoms. The summed E-state index contributed by atoms with van der Waals surface area (Å²) < 4.78 is 1.42. The Bertz CT molecular complexity index is 254. The van der Waals surface area contributed by atoms with E-state index in [9.17, 15) is 0 Å².